The summed E-state index contributed by atoms with van der Waals surface area (Å²) in [5.41, 5.74) is 5.67. The molecule has 0 amide bonds. The number of ether oxygens (including phenoxy) is 1. The molecule has 1 aliphatic rings. The summed E-state index contributed by atoms with van der Waals surface area (Å²) in [5, 5.41) is 18.9. The number of carbonyl (C=O) groups is 1. The zero-order valence-electron chi connectivity index (χ0n) is 20.3. The van der Waals surface area contributed by atoms with Gasteiger partial charge >= 0.3 is 5.97 Å². The SMILES string of the molecule is CCOC(=O)C[C@@H]1N=C(c2ccc(-c3cc(C#N)ncn3)cc2)c2c(sc(C)c2C)-n2c(C)nnc21. The van der Waals surface area contributed by atoms with Crippen LogP contribution in [0.1, 0.15) is 58.3 Å². The first-order valence-corrected chi connectivity index (χ1v) is 12.3. The van der Waals surface area contributed by atoms with Crippen LogP contribution in [0.15, 0.2) is 41.7 Å². The lowest BCUT2D eigenvalue weighted by Crippen LogP contribution is -2.13. The van der Waals surface area contributed by atoms with Crippen molar-refractivity contribution >= 4 is 23.0 Å². The van der Waals surface area contributed by atoms with Gasteiger partial charge in [0.2, 0.25) is 0 Å². The number of nitrogens with zero attached hydrogens (tertiary/aromatic N) is 7. The highest BCUT2D eigenvalue weighted by molar-refractivity contribution is 7.15. The average molecular weight is 498 g/mol. The molecule has 0 unspecified atom stereocenters. The maximum Gasteiger partial charge on any atom is 0.308 e. The molecule has 5 rings (SSSR count). The van der Waals surface area contributed by atoms with Gasteiger partial charge in [-0.25, -0.2) is 9.97 Å². The van der Waals surface area contributed by atoms with E-state index < -0.39 is 6.04 Å². The molecule has 0 N–H and O–H groups in total. The van der Waals surface area contributed by atoms with Crippen LogP contribution in [-0.4, -0.2) is 43.0 Å². The summed E-state index contributed by atoms with van der Waals surface area (Å²) in [5.74, 6) is 1.04. The normalized spacial score (nSPS) is 14.3. The Bertz CT molecular complexity index is 1540. The molecule has 0 fully saturated rings. The maximum absolute atomic E-state index is 12.5. The van der Waals surface area contributed by atoms with E-state index >= 15 is 0 Å². The molecule has 0 radical (unpaired) electrons. The lowest BCUT2D eigenvalue weighted by molar-refractivity contribution is -0.143. The largest absolute Gasteiger partial charge is 0.466 e. The molecular weight excluding hydrogens is 474 g/mol. The van der Waals surface area contributed by atoms with Gasteiger partial charge in [-0.15, -0.1) is 21.5 Å². The number of nitriles is 1. The Morgan fingerprint density at radius 1 is 1.14 bits per heavy atom. The van der Waals surface area contributed by atoms with E-state index in [1.807, 2.05) is 41.8 Å². The van der Waals surface area contributed by atoms with Crippen molar-refractivity contribution in [2.75, 3.05) is 6.61 Å². The second-order valence-electron chi connectivity index (χ2n) is 8.38. The third-order valence-corrected chi connectivity index (χ3v) is 7.33. The molecular formula is C26H23N7O2S. The van der Waals surface area contributed by atoms with Crippen molar-refractivity contribution in [2.24, 2.45) is 4.99 Å². The molecule has 0 spiro atoms. The summed E-state index contributed by atoms with van der Waals surface area (Å²) in [6, 6.07) is 11.0. The van der Waals surface area contributed by atoms with E-state index in [0.29, 0.717) is 23.8 Å². The minimum Gasteiger partial charge on any atom is -0.466 e. The van der Waals surface area contributed by atoms with Crippen LogP contribution in [0.5, 0.6) is 0 Å². The Morgan fingerprint density at radius 3 is 2.61 bits per heavy atom. The van der Waals surface area contributed by atoms with E-state index in [1.165, 1.54) is 11.2 Å². The van der Waals surface area contributed by atoms with Crippen LogP contribution in [0.4, 0.5) is 0 Å². The van der Waals surface area contributed by atoms with Crippen molar-refractivity contribution in [2.45, 2.75) is 40.2 Å². The van der Waals surface area contributed by atoms with Gasteiger partial charge in [0.1, 0.15) is 35.0 Å². The number of fused-ring (bicyclic) bond motifs is 3. The Morgan fingerprint density at radius 2 is 1.89 bits per heavy atom. The number of rotatable bonds is 5. The molecule has 0 bridgehead atoms. The fourth-order valence-corrected chi connectivity index (χ4v) is 5.49. The van der Waals surface area contributed by atoms with Gasteiger partial charge in [0, 0.05) is 27.6 Å². The predicted molar refractivity (Wildman–Crippen MR) is 135 cm³/mol. The number of benzene rings is 1. The van der Waals surface area contributed by atoms with Gasteiger partial charge in [0.05, 0.1) is 24.4 Å². The van der Waals surface area contributed by atoms with Crippen LogP contribution in [0, 0.1) is 32.1 Å². The summed E-state index contributed by atoms with van der Waals surface area (Å²) in [7, 11) is 0. The number of thiophene rings is 1. The molecule has 4 aromatic rings. The first kappa shape index (κ1) is 23.5. The van der Waals surface area contributed by atoms with E-state index in [2.05, 4.69) is 34.0 Å². The number of aliphatic imine (C=N–C) groups is 1. The molecule has 1 aliphatic heterocycles. The van der Waals surface area contributed by atoms with Crippen LogP contribution in [0.25, 0.3) is 16.3 Å². The summed E-state index contributed by atoms with van der Waals surface area (Å²) in [6.45, 7) is 8.17. The number of esters is 1. The van der Waals surface area contributed by atoms with Gasteiger partial charge in [-0.1, -0.05) is 24.3 Å². The molecule has 180 valence electrons. The fourth-order valence-electron chi connectivity index (χ4n) is 4.28. The summed E-state index contributed by atoms with van der Waals surface area (Å²) >= 11 is 1.66. The van der Waals surface area contributed by atoms with Crippen LogP contribution >= 0.6 is 11.3 Å². The van der Waals surface area contributed by atoms with E-state index in [4.69, 9.17) is 15.0 Å². The number of aromatic nitrogens is 5. The molecule has 3 aromatic heterocycles. The smallest absolute Gasteiger partial charge is 0.308 e. The van der Waals surface area contributed by atoms with Crippen LogP contribution in [0.3, 0.4) is 0 Å². The minimum absolute atomic E-state index is 0.0679. The lowest BCUT2D eigenvalue weighted by atomic mass is 9.98. The Hall–Kier alpha value is -4.23. The number of hydrogen-bond donors (Lipinski definition) is 0. The lowest BCUT2D eigenvalue weighted by Gasteiger charge is -2.12. The molecule has 9 nitrogen and oxygen atoms in total. The van der Waals surface area contributed by atoms with Crippen molar-refractivity contribution in [3.05, 3.63) is 75.6 Å². The fraction of sp³-hybridized carbons (Fsp3) is 0.269. The van der Waals surface area contributed by atoms with E-state index in [-0.39, 0.29) is 12.4 Å². The van der Waals surface area contributed by atoms with E-state index in [0.717, 1.165) is 38.8 Å². The number of aryl methyl sites for hydroxylation is 2. The highest BCUT2D eigenvalue weighted by atomic mass is 32.1. The molecule has 0 saturated heterocycles. The van der Waals surface area contributed by atoms with Crippen molar-refractivity contribution < 1.29 is 9.53 Å². The van der Waals surface area contributed by atoms with Gasteiger partial charge in [0.25, 0.3) is 0 Å². The Balaban J connectivity index is 1.65. The van der Waals surface area contributed by atoms with E-state index in [9.17, 15) is 4.79 Å². The van der Waals surface area contributed by atoms with E-state index in [1.54, 1.807) is 24.3 Å². The Labute approximate surface area is 212 Å². The van der Waals surface area contributed by atoms with Crippen molar-refractivity contribution in [3.63, 3.8) is 0 Å². The third kappa shape index (κ3) is 4.07. The van der Waals surface area contributed by atoms with Crippen LogP contribution in [0.2, 0.25) is 0 Å². The van der Waals surface area contributed by atoms with Gasteiger partial charge < -0.3 is 4.74 Å². The van der Waals surface area contributed by atoms with Gasteiger partial charge in [0.15, 0.2) is 5.82 Å². The van der Waals surface area contributed by atoms with Crippen LogP contribution < -0.4 is 0 Å². The average Bonchev–Trinajstić information content (AvgIpc) is 3.36. The first-order chi connectivity index (χ1) is 17.4. The number of hydrogen-bond acceptors (Lipinski definition) is 9. The highest BCUT2D eigenvalue weighted by Gasteiger charge is 2.32. The van der Waals surface area contributed by atoms with Gasteiger partial charge in [-0.05, 0) is 33.3 Å². The summed E-state index contributed by atoms with van der Waals surface area (Å²) < 4.78 is 7.25. The molecule has 1 aromatic carbocycles. The zero-order valence-corrected chi connectivity index (χ0v) is 21.1. The predicted octanol–water partition coefficient (Wildman–Crippen LogP) is 4.43. The van der Waals surface area contributed by atoms with Crippen molar-refractivity contribution in [1.82, 2.24) is 24.7 Å². The second-order valence-corrected chi connectivity index (χ2v) is 9.59. The summed E-state index contributed by atoms with van der Waals surface area (Å²) in [4.78, 5) is 27.0. The molecule has 1 atom stereocenters. The second kappa shape index (κ2) is 9.43. The molecule has 36 heavy (non-hydrogen) atoms. The molecule has 0 saturated carbocycles. The number of carbonyl (C=O) groups excluding carboxylic acids is 1. The van der Waals surface area contributed by atoms with Crippen molar-refractivity contribution in [1.29, 1.82) is 5.26 Å². The highest BCUT2D eigenvalue weighted by Crippen LogP contribution is 2.39. The zero-order chi connectivity index (χ0) is 25.4. The van der Waals surface area contributed by atoms with Crippen molar-refractivity contribution in [3.8, 4) is 22.3 Å². The summed E-state index contributed by atoms with van der Waals surface area (Å²) in [6.07, 6.45) is 1.46. The molecule has 4 heterocycles. The standard InChI is InChI=1S/C26H23N7O2S/c1-5-35-22(34)11-21-25-32-31-16(4)33(25)26-23(14(2)15(3)36-26)24(30-21)18-8-6-17(7-9-18)20-10-19(12-27)28-13-29-20/h6-10,13,21H,5,11H2,1-4H3/t21-/m0/s1. The monoisotopic (exact) mass is 497 g/mol. The first-order valence-electron chi connectivity index (χ1n) is 11.5. The van der Waals surface area contributed by atoms with Gasteiger partial charge in [-0.3, -0.25) is 14.4 Å². The van der Waals surface area contributed by atoms with Gasteiger partial charge in [-0.2, -0.15) is 5.26 Å². The minimum atomic E-state index is -0.542. The molecule has 0 aliphatic carbocycles. The Kier molecular flexibility index (Phi) is 6.16. The molecule has 10 heteroatoms. The topological polar surface area (TPSA) is 119 Å². The quantitative estimate of drug-likeness (QED) is 0.374. The third-order valence-electron chi connectivity index (χ3n) is 6.14. The van der Waals surface area contributed by atoms with Crippen LogP contribution in [-0.2, 0) is 9.53 Å². The maximum atomic E-state index is 12.5.